The Morgan fingerprint density at radius 1 is 1.20 bits per heavy atom. The molecule has 0 unspecified atom stereocenters. The van der Waals surface area contributed by atoms with Gasteiger partial charge in [0.2, 0.25) is 5.69 Å². The molecular weight excluding hydrogens is 254 g/mol. The van der Waals surface area contributed by atoms with Crippen molar-refractivity contribution in [3.05, 3.63) is 36.0 Å². The molecule has 0 saturated heterocycles. The van der Waals surface area contributed by atoms with E-state index in [0.29, 0.717) is 18.3 Å². The van der Waals surface area contributed by atoms with Crippen LogP contribution >= 0.6 is 0 Å². The topological polar surface area (TPSA) is 65.0 Å². The van der Waals surface area contributed by atoms with Gasteiger partial charge in [-0.2, -0.15) is 0 Å². The highest BCUT2D eigenvalue weighted by molar-refractivity contribution is 5.22. The van der Waals surface area contributed by atoms with Gasteiger partial charge in [-0.3, -0.25) is 0 Å². The minimum atomic E-state index is -0.364. The molecule has 0 amide bonds. The van der Waals surface area contributed by atoms with Crippen LogP contribution in [0.2, 0.25) is 0 Å². The zero-order chi connectivity index (χ0) is 13.8. The Labute approximate surface area is 118 Å². The molecule has 1 fully saturated rings. The third kappa shape index (κ3) is 2.82. The molecule has 2 aromatic rings. The average molecular weight is 273 g/mol. The first-order chi connectivity index (χ1) is 9.84. The zero-order valence-corrected chi connectivity index (χ0v) is 11.4. The van der Waals surface area contributed by atoms with Crippen LogP contribution in [0.3, 0.4) is 0 Å². The monoisotopic (exact) mass is 273 g/mol. The van der Waals surface area contributed by atoms with Gasteiger partial charge in [0.1, 0.15) is 0 Å². The maximum Gasteiger partial charge on any atom is 0.253 e. The largest absolute Gasteiger partial charge is 0.539 e. The molecule has 0 spiro atoms. The quantitative estimate of drug-likeness (QED) is 0.856. The second-order valence-electron chi connectivity index (χ2n) is 5.27. The van der Waals surface area contributed by atoms with Crippen LogP contribution in [0.25, 0.3) is 5.69 Å². The second-order valence-corrected chi connectivity index (χ2v) is 5.27. The van der Waals surface area contributed by atoms with Gasteiger partial charge in [0.15, 0.2) is 5.95 Å². The summed E-state index contributed by atoms with van der Waals surface area (Å²) in [4.78, 5) is 0. The number of para-hydroxylation sites is 1. The van der Waals surface area contributed by atoms with Crippen LogP contribution < -0.4 is 15.1 Å². The second kappa shape index (κ2) is 6.05. The molecule has 0 bridgehead atoms. The van der Waals surface area contributed by atoms with Crippen LogP contribution in [0, 0.1) is 0 Å². The first kappa shape index (κ1) is 13.1. The lowest BCUT2D eigenvalue weighted by Gasteiger charge is -2.21. The van der Waals surface area contributed by atoms with E-state index >= 15 is 0 Å². The molecule has 5 heteroatoms. The molecule has 0 radical (unpaired) electrons. The van der Waals surface area contributed by atoms with Crippen molar-refractivity contribution in [3.8, 4) is 11.6 Å². The molecule has 1 heterocycles. The third-order valence-electron chi connectivity index (χ3n) is 3.86. The Morgan fingerprint density at radius 2 is 1.95 bits per heavy atom. The van der Waals surface area contributed by atoms with E-state index in [1.807, 2.05) is 30.3 Å². The van der Waals surface area contributed by atoms with Crippen molar-refractivity contribution in [2.75, 3.05) is 0 Å². The summed E-state index contributed by atoms with van der Waals surface area (Å²) < 4.78 is 6.39. The fourth-order valence-corrected chi connectivity index (χ4v) is 2.73. The molecule has 1 saturated carbocycles. The summed E-state index contributed by atoms with van der Waals surface area (Å²) in [6.45, 7) is 0.502. The fraction of sp³-hybridized carbons (Fsp3) is 0.467. The first-order valence-electron chi connectivity index (χ1n) is 7.21. The predicted octanol–water partition coefficient (Wildman–Crippen LogP) is 1.45. The zero-order valence-electron chi connectivity index (χ0n) is 11.4. The molecule has 5 nitrogen and oxygen atoms in total. The highest BCUT2D eigenvalue weighted by Crippen LogP contribution is 2.18. The van der Waals surface area contributed by atoms with Crippen LogP contribution in [-0.2, 0) is 6.54 Å². The number of nitrogens with one attached hydrogen (secondary N) is 1. The van der Waals surface area contributed by atoms with Gasteiger partial charge in [0.05, 0.1) is 11.8 Å². The van der Waals surface area contributed by atoms with Crippen molar-refractivity contribution in [2.24, 2.45) is 0 Å². The van der Waals surface area contributed by atoms with Gasteiger partial charge < -0.3 is 14.9 Å². The van der Waals surface area contributed by atoms with E-state index in [-0.39, 0.29) is 5.95 Å². The maximum atomic E-state index is 11.8. The van der Waals surface area contributed by atoms with Gasteiger partial charge in [0.25, 0.3) is 5.69 Å². The van der Waals surface area contributed by atoms with Crippen LogP contribution in [0.1, 0.15) is 37.8 Å². The number of aromatic nitrogens is 2. The molecular formula is C15H19N3O2. The van der Waals surface area contributed by atoms with Crippen LogP contribution in [0.4, 0.5) is 0 Å². The van der Waals surface area contributed by atoms with Crippen molar-refractivity contribution in [3.63, 3.8) is 0 Å². The lowest BCUT2D eigenvalue weighted by atomic mass is 9.95. The minimum absolute atomic E-state index is 0.364. The summed E-state index contributed by atoms with van der Waals surface area (Å²) >= 11 is 0. The Hall–Kier alpha value is -1.88. The molecule has 20 heavy (non-hydrogen) atoms. The molecule has 3 rings (SSSR count). The first-order valence-corrected chi connectivity index (χ1v) is 7.21. The Balaban J connectivity index is 1.74. The van der Waals surface area contributed by atoms with Crippen molar-refractivity contribution in [1.82, 2.24) is 10.6 Å². The van der Waals surface area contributed by atoms with Crippen LogP contribution in [0.5, 0.6) is 5.95 Å². The molecule has 1 N–H and O–H groups in total. The normalized spacial score (nSPS) is 16.4. The van der Waals surface area contributed by atoms with Gasteiger partial charge >= 0.3 is 0 Å². The van der Waals surface area contributed by atoms with E-state index in [9.17, 15) is 5.11 Å². The standard InChI is InChI=1S/C15H19N3O2/c19-15-14(11-16-12-7-3-1-4-8-12)18(17-20-15)13-9-5-2-6-10-13/h2,5-6,9-10,12,16H,1,3-4,7-8,11H2. The number of hydrogen-bond acceptors (Lipinski definition) is 4. The van der Waals surface area contributed by atoms with Gasteiger partial charge in [-0.25, -0.2) is 0 Å². The predicted molar refractivity (Wildman–Crippen MR) is 71.2 cm³/mol. The highest BCUT2D eigenvalue weighted by atomic mass is 16.6. The average Bonchev–Trinajstić information content (AvgIpc) is 2.88. The molecule has 1 aliphatic rings. The smallest absolute Gasteiger partial charge is 0.253 e. The van der Waals surface area contributed by atoms with E-state index in [0.717, 1.165) is 5.69 Å². The van der Waals surface area contributed by atoms with Gasteiger partial charge in [-0.15, -0.1) is 0 Å². The molecule has 106 valence electrons. The van der Waals surface area contributed by atoms with Crippen molar-refractivity contribution in [2.45, 2.75) is 44.7 Å². The SMILES string of the molecule is [O-]c1on[n+](-c2ccccc2)c1CNC1CCCCC1. The van der Waals surface area contributed by atoms with E-state index < -0.39 is 0 Å². The Kier molecular flexibility index (Phi) is 3.97. The summed E-state index contributed by atoms with van der Waals surface area (Å²) in [5, 5.41) is 19.1. The molecule has 0 aliphatic heterocycles. The molecule has 1 aliphatic carbocycles. The number of benzene rings is 1. The van der Waals surface area contributed by atoms with Crippen molar-refractivity contribution in [1.29, 1.82) is 0 Å². The van der Waals surface area contributed by atoms with E-state index in [2.05, 4.69) is 10.6 Å². The fourth-order valence-electron chi connectivity index (χ4n) is 2.73. The van der Waals surface area contributed by atoms with Gasteiger partial charge in [0, 0.05) is 18.2 Å². The van der Waals surface area contributed by atoms with Crippen LogP contribution in [0.15, 0.2) is 34.9 Å². The Morgan fingerprint density at radius 3 is 2.70 bits per heavy atom. The Bertz CT molecular complexity index is 548. The summed E-state index contributed by atoms with van der Waals surface area (Å²) in [5.74, 6) is -0.364. The summed E-state index contributed by atoms with van der Waals surface area (Å²) in [6, 6.07) is 10.1. The van der Waals surface area contributed by atoms with Crippen molar-refractivity contribution >= 4 is 0 Å². The summed E-state index contributed by atoms with van der Waals surface area (Å²) in [5.41, 5.74) is 1.40. The highest BCUT2D eigenvalue weighted by Gasteiger charge is 2.21. The van der Waals surface area contributed by atoms with E-state index in [1.54, 1.807) is 4.68 Å². The number of hydrogen-bond donors (Lipinski definition) is 1. The van der Waals surface area contributed by atoms with Crippen molar-refractivity contribution < 1.29 is 14.3 Å². The van der Waals surface area contributed by atoms with E-state index in [1.165, 1.54) is 32.1 Å². The summed E-state index contributed by atoms with van der Waals surface area (Å²) in [6.07, 6.45) is 6.23. The maximum absolute atomic E-state index is 11.8. The molecule has 0 atom stereocenters. The van der Waals surface area contributed by atoms with Gasteiger partial charge in [-0.1, -0.05) is 37.5 Å². The lowest BCUT2D eigenvalue weighted by molar-refractivity contribution is -0.677. The lowest BCUT2D eigenvalue weighted by Crippen LogP contribution is -2.41. The number of rotatable bonds is 4. The van der Waals surface area contributed by atoms with Gasteiger partial charge in [-0.05, 0) is 17.5 Å². The number of nitrogens with zero attached hydrogens (tertiary/aromatic N) is 2. The minimum Gasteiger partial charge on any atom is -0.539 e. The van der Waals surface area contributed by atoms with Crippen LogP contribution in [-0.4, -0.2) is 11.3 Å². The van der Waals surface area contributed by atoms with E-state index in [4.69, 9.17) is 4.52 Å². The molecule has 1 aromatic carbocycles. The molecule has 1 aromatic heterocycles. The third-order valence-corrected chi connectivity index (χ3v) is 3.86. The summed E-state index contributed by atoms with van der Waals surface area (Å²) in [7, 11) is 0.